The number of primary sulfonamides is 1. The maximum absolute atomic E-state index is 11.4. The van der Waals surface area contributed by atoms with Gasteiger partial charge >= 0.3 is 0 Å². The van der Waals surface area contributed by atoms with Crippen molar-refractivity contribution in [3.8, 4) is 0 Å². The zero-order chi connectivity index (χ0) is 17.2. The van der Waals surface area contributed by atoms with Crippen LogP contribution in [0.25, 0.3) is 0 Å². The molecule has 1 heterocycles. The van der Waals surface area contributed by atoms with Crippen molar-refractivity contribution in [3.05, 3.63) is 11.2 Å². The number of thiazole rings is 1. The molecule has 0 bridgehead atoms. The SMILES string of the molecule is CC(C)(C)[Si](C)(C)OC(CCCI)c1ncc(S(N)(=O)=O)s1. The third-order valence-corrected chi connectivity index (χ3v) is 11.6. The molecule has 2 N–H and O–H groups in total. The Bertz CT molecular complexity index is 597. The number of hydrogen-bond donors (Lipinski definition) is 1. The topological polar surface area (TPSA) is 82.3 Å². The summed E-state index contributed by atoms with van der Waals surface area (Å²) >= 11 is 3.45. The second-order valence-electron chi connectivity index (χ2n) is 6.76. The molecule has 0 amide bonds. The molecule has 1 rings (SSSR count). The number of nitrogens with two attached hydrogens (primary N) is 1. The predicted octanol–water partition coefficient (Wildman–Crippen LogP) is 4.07. The Labute approximate surface area is 152 Å². The van der Waals surface area contributed by atoms with Crippen molar-refractivity contribution < 1.29 is 12.8 Å². The molecule has 1 atom stereocenters. The van der Waals surface area contributed by atoms with Gasteiger partial charge in [0.1, 0.15) is 5.01 Å². The van der Waals surface area contributed by atoms with E-state index in [0.29, 0.717) is 5.01 Å². The lowest BCUT2D eigenvalue weighted by atomic mass is 10.2. The van der Waals surface area contributed by atoms with Gasteiger partial charge in [-0.15, -0.1) is 11.3 Å². The lowest BCUT2D eigenvalue weighted by molar-refractivity contribution is 0.173. The van der Waals surface area contributed by atoms with E-state index in [-0.39, 0.29) is 15.4 Å². The Balaban J connectivity index is 3.06. The van der Waals surface area contributed by atoms with Gasteiger partial charge in [-0.3, -0.25) is 0 Å². The molecule has 0 aliphatic heterocycles. The molecule has 0 saturated carbocycles. The van der Waals surface area contributed by atoms with Crippen LogP contribution in [0, 0.1) is 0 Å². The Hall–Kier alpha value is 0.447. The normalized spacial score (nSPS) is 15.0. The summed E-state index contributed by atoms with van der Waals surface area (Å²) in [6, 6.07) is 0. The molecular formula is C13H25IN2O3S2Si. The number of rotatable bonds is 7. The number of alkyl halides is 1. The maximum Gasteiger partial charge on any atom is 0.249 e. The van der Waals surface area contributed by atoms with Gasteiger partial charge in [0.15, 0.2) is 12.5 Å². The molecule has 1 unspecified atom stereocenters. The van der Waals surface area contributed by atoms with Crippen molar-refractivity contribution in [2.75, 3.05) is 4.43 Å². The summed E-state index contributed by atoms with van der Waals surface area (Å²) < 4.78 is 30.5. The first-order valence-corrected chi connectivity index (χ1v) is 13.9. The highest BCUT2D eigenvalue weighted by Gasteiger charge is 2.40. The molecule has 1 aromatic heterocycles. The highest BCUT2D eigenvalue weighted by molar-refractivity contribution is 14.1. The molecule has 22 heavy (non-hydrogen) atoms. The third kappa shape index (κ3) is 5.51. The van der Waals surface area contributed by atoms with E-state index in [1.165, 1.54) is 6.20 Å². The van der Waals surface area contributed by atoms with Crippen molar-refractivity contribution in [2.24, 2.45) is 5.14 Å². The minimum Gasteiger partial charge on any atom is -0.407 e. The molecule has 1 aromatic rings. The largest absolute Gasteiger partial charge is 0.407 e. The summed E-state index contributed by atoms with van der Waals surface area (Å²) in [4.78, 5) is 4.26. The minimum atomic E-state index is -3.70. The summed E-state index contributed by atoms with van der Waals surface area (Å²) in [6.45, 7) is 10.9. The molecule has 0 fully saturated rings. The first kappa shape index (κ1) is 20.5. The van der Waals surface area contributed by atoms with Gasteiger partial charge in [-0.2, -0.15) is 0 Å². The van der Waals surface area contributed by atoms with E-state index in [1.807, 2.05) is 0 Å². The molecule has 0 spiro atoms. The lowest BCUT2D eigenvalue weighted by Crippen LogP contribution is -2.41. The van der Waals surface area contributed by atoms with Crippen LogP contribution in [-0.4, -0.2) is 26.1 Å². The second-order valence-corrected chi connectivity index (χ2v) is 15.4. The number of aromatic nitrogens is 1. The minimum absolute atomic E-state index is 0.0929. The van der Waals surface area contributed by atoms with Gasteiger partial charge in [0.25, 0.3) is 0 Å². The van der Waals surface area contributed by atoms with Crippen molar-refractivity contribution >= 4 is 52.3 Å². The zero-order valence-electron chi connectivity index (χ0n) is 13.7. The number of hydrogen-bond acceptors (Lipinski definition) is 5. The highest BCUT2D eigenvalue weighted by Crippen LogP contribution is 2.41. The van der Waals surface area contributed by atoms with Gasteiger partial charge < -0.3 is 4.43 Å². The van der Waals surface area contributed by atoms with Crippen LogP contribution in [0.2, 0.25) is 18.1 Å². The number of sulfonamides is 1. The summed E-state index contributed by atoms with van der Waals surface area (Å²) in [5, 5.41) is 5.98. The lowest BCUT2D eigenvalue weighted by Gasteiger charge is -2.38. The van der Waals surface area contributed by atoms with Crippen LogP contribution in [0.5, 0.6) is 0 Å². The molecule has 0 radical (unpaired) electrons. The van der Waals surface area contributed by atoms with Gasteiger partial charge in [0, 0.05) is 0 Å². The van der Waals surface area contributed by atoms with Gasteiger partial charge in [-0.1, -0.05) is 43.4 Å². The molecule has 5 nitrogen and oxygen atoms in total. The van der Waals surface area contributed by atoms with Gasteiger partial charge in [0.05, 0.1) is 12.3 Å². The van der Waals surface area contributed by atoms with Crippen LogP contribution in [0.4, 0.5) is 0 Å². The van der Waals surface area contributed by atoms with Crippen molar-refractivity contribution in [2.45, 2.75) is 62.1 Å². The summed E-state index contributed by atoms with van der Waals surface area (Å²) in [5.74, 6) is 0. The highest BCUT2D eigenvalue weighted by atomic mass is 127. The van der Waals surface area contributed by atoms with Gasteiger partial charge in [0.2, 0.25) is 10.0 Å². The quantitative estimate of drug-likeness (QED) is 0.366. The first-order valence-electron chi connectivity index (χ1n) is 7.11. The Kier molecular flexibility index (Phi) is 7.04. The van der Waals surface area contributed by atoms with Gasteiger partial charge in [-0.25, -0.2) is 18.5 Å². The fourth-order valence-electron chi connectivity index (χ4n) is 1.58. The fourth-order valence-corrected chi connectivity index (χ4v) is 5.04. The smallest absolute Gasteiger partial charge is 0.249 e. The second kappa shape index (κ2) is 7.56. The van der Waals surface area contributed by atoms with Crippen LogP contribution in [0.15, 0.2) is 10.4 Å². The molecule has 0 saturated heterocycles. The van der Waals surface area contributed by atoms with E-state index >= 15 is 0 Å². The van der Waals surface area contributed by atoms with Crippen LogP contribution >= 0.6 is 33.9 Å². The Morgan fingerprint density at radius 2 is 2.05 bits per heavy atom. The van der Waals surface area contributed by atoms with E-state index in [2.05, 4.69) is 61.4 Å². The van der Waals surface area contributed by atoms with Crippen LogP contribution < -0.4 is 5.14 Å². The third-order valence-electron chi connectivity index (χ3n) is 3.90. The van der Waals surface area contributed by atoms with Crippen LogP contribution in [0.1, 0.15) is 44.7 Å². The molecule has 9 heteroatoms. The number of halogens is 1. The summed E-state index contributed by atoms with van der Waals surface area (Å²) in [5.41, 5.74) is 0. The van der Waals surface area contributed by atoms with Crippen molar-refractivity contribution in [1.82, 2.24) is 4.98 Å². The molecule has 0 aliphatic carbocycles. The van der Waals surface area contributed by atoms with Crippen LogP contribution in [-0.2, 0) is 14.4 Å². The standard InChI is InChI=1S/C13H25IN2O3S2Si/c1-13(2,3)22(4,5)19-10(7-6-8-14)12-16-9-11(20-12)21(15,17)18/h9-10H,6-8H2,1-5H3,(H2,15,17,18). The summed E-state index contributed by atoms with van der Waals surface area (Å²) in [7, 11) is -5.65. The Morgan fingerprint density at radius 3 is 2.45 bits per heavy atom. The van der Waals surface area contributed by atoms with E-state index in [4.69, 9.17) is 9.56 Å². The van der Waals surface area contributed by atoms with Crippen molar-refractivity contribution in [1.29, 1.82) is 0 Å². The van der Waals surface area contributed by atoms with Crippen molar-refractivity contribution in [3.63, 3.8) is 0 Å². The average molecular weight is 476 g/mol. The zero-order valence-corrected chi connectivity index (χ0v) is 18.5. The molecule has 128 valence electrons. The fraction of sp³-hybridized carbons (Fsp3) is 0.769. The molecular weight excluding hydrogens is 451 g/mol. The predicted molar refractivity (Wildman–Crippen MR) is 103 cm³/mol. The van der Waals surface area contributed by atoms with E-state index in [0.717, 1.165) is 28.6 Å². The average Bonchev–Trinajstić information content (AvgIpc) is 2.82. The van der Waals surface area contributed by atoms with E-state index in [1.54, 1.807) is 0 Å². The molecule has 0 aromatic carbocycles. The van der Waals surface area contributed by atoms with Crippen LogP contribution in [0.3, 0.4) is 0 Å². The van der Waals surface area contributed by atoms with E-state index < -0.39 is 18.3 Å². The molecule has 0 aliphatic rings. The Morgan fingerprint density at radius 1 is 1.45 bits per heavy atom. The summed E-state index contributed by atoms with van der Waals surface area (Å²) in [6.07, 6.45) is 3.02. The monoisotopic (exact) mass is 476 g/mol. The maximum atomic E-state index is 11.4. The first-order chi connectivity index (χ1) is 9.88. The van der Waals surface area contributed by atoms with Gasteiger partial charge in [-0.05, 0) is 35.4 Å². The van der Waals surface area contributed by atoms with E-state index in [9.17, 15) is 8.42 Å². The number of nitrogens with zero attached hydrogens (tertiary/aromatic N) is 1.